The molecule has 0 saturated heterocycles. The maximum absolute atomic E-state index is 12.8. The molecule has 0 N–H and O–H groups in total. The van der Waals surface area contributed by atoms with Crippen LogP contribution in [0.4, 0.5) is 0 Å². The van der Waals surface area contributed by atoms with E-state index in [-0.39, 0.29) is 11.5 Å². The molecule has 4 aromatic rings. The summed E-state index contributed by atoms with van der Waals surface area (Å²) in [6.45, 7) is 2.55. The summed E-state index contributed by atoms with van der Waals surface area (Å²) in [4.78, 5) is 40.0. The molecule has 32 heavy (non-hydrogen) atoms. The van der Waals surface area contributed by atoms with Gasteiger partial charge in [0.1, 0.15) is 17.2 Å². The molecule has 8 nitrogen and oxygen atoms in total. The first kappa shape index (κ1) is 21.4. The molecule has 0 atom stereocenters. The first-order chi connectivity index (χ1) is 15.5. The lowest BCUT2D eigenvalue weighted by atomic mass is 10.2. The Bertz CT molecular complexity index is 1270. The van der Waals surface area contributed by atoms with E-state index in [0.717, 1.165) is 22.6 Å². The first-order valence-corrected chi connectivity index (χ1v) is 10.7. The van der Waals surface area contributed by atoms with Crippen LogP contribution in [0.15, 0.2) is 72.0 Å². The average molecular weight is 448 g/mol. The molecule has 0 bridgehead atoms. The number of benzene rings is 1. The van der Waals surface area contributed by atoms with E-state index in [9.17, 15) is 9.59 Å². The lowest BCUT2D eigenvalue weighted by Crippen LogP contribution is -2.26. The molecule has 1 aromatic carbocycles. The second-order valence-corrected chi connectivity index (χ2v) is 8.17. The Hall–Kier alpha value is -3.85. The molecule has 0 fully saturated rings. The summed E-state index contributed by atoms with van der Waals surface area (Å²) in [5, 5.41) is 0.413. The van der Waals surface area contributed by atoms with Crippen molar-refractivity contribution < 1.29 is 9.53 Å². The molecule has 3 aromatic heterocycles. The van der Waals surface area contributed by atoms with Gasteiger partial charge in [0.2, 0.25) is 0 Å². The Balaban J connectivity index is 1.43. The lowest BCUT2D eigenvalue weighted by Gasteiger charge is -2.15. The van der Waals surface area contributed by atoms with Gasteiger partial charge in [-0.05, 0) is 18.6 Å². The molecular weight excluding hydrogens is 426 g/mol. The lowest BCUT2D eigenvalue weighted by molar-refractivity contribution is 0.0788. The van der Waals surface area contributed by atoms with Crippen LogP contribution in [0.3, 0.4) is 0 Å². The van der Waals surface area contributed by atoms with Crippen LogP contribution < -0.4 is 10.3 Å². The fourth-order valence-corrected chi connectivity index (χ4v) is 3.83. The zero-order valence-electron chi connectivity index (χ0n) is 17.6. The van der Waals surface area contributed by atoms with Crippen molar-refractivity contribution in [1.29, 1.82) is 0 Å². The van der Waals surface area contributed by atoms with Crippen LogP contribution in [0.1, 0.15) is 26.6 Å². The van der Waals surface area contributed by atoms with Crippen LogP contribution in [-0.4, -0.2) is 37.4 Å². The largest absolute Gasteiger partial charge is 0.489 e. The number of nitrogens with zero attached hydrogens (tertiary/aromatic N) is 5. The minimum absolute atomic E-state index is 0.202. The molecule has 0 unspecified atom stereocenters. The van der Waals surface area contributed by atoms with E-state index in [4.69, 9.17) is 4.74 Å². The molecule has 0 saturated carbocycles. The number of carbonyl (C=O) groups excluding carboxylic acids is 1. The van der Waals surface area contributed by atoms with Crippen molar-refractivity contribution in [2.75, 3.05) is 7.05 Å². The number of hydrogen-bond donors (Lipinski definition) is 0. The third-order valence-electron chi connectivity index (χ3n) is 4.63. The second-order valence-electron chi connectivity index (χ2n) is 7.16. The number of aryl methyl sites for hydroxylation is 1. The van der Waals surface area contributed by atoms with Gasteiger partial charge in [-0.1, -0.05) is 41.7 Å². The number of hydrogen-bond acceptors (Lipinski definition) is 7. The number of amides is 1. The van der Waals surface area contributed by atoms with Gasteiger partial charge in [0.05, 0.1) is 30.3 Å². The molecule has 0 aliphatic heterocycles. The fourth-order valence-electron chi connectivity index (χ4n) is 2.93. The Morgan fingerprint density at radius 2 is 1.91 bits per heavy atom. The molecule has 0 radical (unpaired) electrons. The fraction of sp³-hybridized carbons (Fsp3) is 0.174. The molecule has 162 valence electrons. The van der Waals surface area contributed by atoms with Gasteiger partial charge >= 0.3 is 0 Å². The summed E-state index contributed by atoms with van der Waals surface area (Å²) < 4.78 is 7.09. The van der Waals surface area contributed by atoms with E-state index in [1.807, 2.05) is 37.3 Å². The maximum Gasteiger partial charge on any atom is 0.265 e. The highest BCUT2D eigenvalue weighted by Gasteiger charge is 2.17. The third kappa shape index (κ3) is 5.06. The van der Waals surface area contributed by atoms with Gasteiger partial charge in [-0.3, -0.25) is 24.1 Å². The molecule has 9 heteroatoms. The van der Waals surface area contributed by atoms with E-state index >= 15 is 0 Å². The van der Waals surface area contributed by atoms with Gasteiger partial charge in [0, 0.05) is 25.5 Å². The SMILES string of the molecule is Cc1cnc(CN(C)C(=O)c2cnc(-n3ccc(OCc4ccccc4)cc3=O)s2)cn1. The minimum atomic E-state index is -0.285. The zero-order chi connectivity index (χ0) is 22.5. The summed E-state index contributed by atoms with van der Waals surface area (Å²) in [5.41, 5.74) is 2.24. The zero-order valence-corrected chi connectivity index (χ0v) is 18.5. The van der Waals surface area contributed by atoms with Crippen molar-refractivity contribution in [3.63, 3.8) is 0 Å². The number of aromatic nitrogens is 4. The summed E-state index contributed by atoms with van der Waals surface area (Å²) in [6, 6.07) is 12.8. The Morgan fingerprint density at radius 1 is 1.09 bits per heavy atom. The first-order valence-electron chi connectivity index (χ1n) is 9.88. The monoisotopic (exact) mass is 447 g/mol. The predicted octanol–water partition coefficient (Wildman–Crippen LogP) is 3.24. The smallest absolute Gasteiger partial charge is 0.265 e. The van der Waals surface area contributed by atoms with Crippen molar-refractivity contribution in [3.05, 3.63) is 99.4 Å². The predicted molar refractivity (Wildman–Crippen MR) is 121 cm³/mol. The molecule has 0 aliphatic carbocycles. The topological polar surface area (TPSA) is 90.2 Å². The number of thiazole rings is 1. The van der Waals surface area contributed by atoms with Crippen LogP contribution >= 0.6 is 11.3 Å². The van der Waals surface area contributed by atoms with Crippen LogP contribution in [0.2, 0.25) is 0 Å². The van der Waals surface area contributed by atoms with Crippen molar-refractivity contribution >= 4 is 17.2 Å². The number of carbonyl (C=O) groups is 1. The average Bonchev–Trinajstić information content (AvgIpc) is 3.29. The molecule has 4 rings (SSSR count). The molecule has 0 spiro atoms. The van der Waals surface area contributed by atoms with Gasteiger partial charge in [0.25, 0.3) is 11.5 Å². The Kier molecular flexibility index (Phi) is 6.37. The minimum Gasteiger partial charge on any atom is -0.489 e. The molecular formula is C23H21N5O3S. The number of rotatable bonds is 7. The normalized spacial score (nSPS) is 10.7. The van der Waals surface area contributed by atoms with Crippen LogP contribution in [0.25, 0.3) is 5.13 Å². The van der Waals surface area contributed by atoms with Crippen molar-refractivity contribution in [1.82, 2.24) is 24.4 Å². The van der Waals surface area contributed by atoms with E-state index < -0.39 is 0 Å². The number of ether oxygens (including phenoxy) is 1. The Labute approximate surface area is 188 Å². The summed E-state index contributed by atoms with van der Waals surface area (Å²) in [7, 11) is 1.69. The summed E-state index contributed by atoms with van der Waals surface area (Å²) in [5.74, 6) is 0.272. The van der Waals surface area contributed by atoms with E-state index in [2.05, 4.69) is 15.0 Å². The maximum atomic E-state index is 12.8. The summed E-state index contributed by atoms with van der Waals surface area (Å²) >= 11 is 1.15. The molecule has 0 aliphatic rings. The number of pyridine rings is 1. The van der Waals surface area contributed by atoms with Crippen LogP contribution in [-0.2, 0) is 13.2 Å². The highest BCUT2D eigenvalue weighted by molar-refractivity contribution is 7.16. The van der Waals surface area contributed by atoms with Gasteiger partial charge < -0.3 is 9.64 Å². The van der Waals surface area contributed by atoms with Gasteiger partial charge in [-0.25, -0.2) is 4.98 Å². The summed E-state index contributed by atoms with van der Waals surface area (Å²) in [6.07, 6.45) is 6.39. The van der Waals surface area contributed by atoms with Crippen molar-refractivity contribution in [3.8, 4) is 10.9 Å². The molecule has 3 heterocycles. The van der Waals surface area contributed by atoms with Gasteiger partial charge in [0.15, 0.2) is 5.13 Å². The quantitative estimate of drug-likeness (QED) is 0.432. The van der Waals surface area contributed by atoms with Crippen LogP contribution in [0.5, 0.6) is 5.75 Å². The third-order valence-corrected chi connectivity index (χ3v) is 5.61. The highest BCUT2D eigenvalue weighted by atomic mass is 32.1. The van der Waals surface area contributed by atoms with Crippen LogP contribution in [0, 0.1) is 6.92 Å². The van der Waals surface area contributed by atoms with Crippen molar-refractivity contribution in [2.45, 2.75) is 20.1 Å². The standard InChI is InChI=1S/C23H21N5O3S/c1-16-11-25-18(12-24-16)14-27(2)22(30)20-13-26-23(32-20)28-9-8-19(10-21(28)29)31-15-17-6-4-3-5-7-17/h3-13H,14-15H2,1-2H3. The Morgan fingerprint density at radius 3 is 2.62 bits per heavy atom. The molecule has 1 amide bonds. The van der Waals surface area contributed by atoms with E-state index in [1.54, 1.807) is 36.6 Å². The van der Waals surface area contributed by atoms with Gasteiger partial charge in [-0.15, -0.1) is 0 Å². The van der Waals surface area contributed by atoms with Crippen molar-refractivity contribution in [2.24, 2.45) is 0 Å². The highest BCUT2D eigenvalue weighted by Crippen LogP contribution is 2.19. The second kappa shape index (κ2) is 9.52. The van der Waals surface area contributed by atoms with E-state index in [0.29, 0.717) is 34.6 Å². The van der Waals surface area contributed by atoms with Gasteiger partial charge in [-0.2, -0.15) is 0 Å². The van der Waals surface area contributed by atoms with E-state index in [1.165, 1.54) is 16.8 Å².